The normalized spacial score (nSPS) is 19.8. The maximum absolute atomic E-state index is 12.2. The van der Waals surface area contributed by atoms with E-state index in [2.05, 4.69) is 20.7 Å². The first-order valence-corrected chi connectivity index (χ1v) is 7.72. The van der Waals surface area contributed by atoms with Crippen molar-refractivity contribution in [3.05, 3.63) is 28.7 Å². The predicted octanol–water partition coefficient (Wildman–Crippen LogP) is 1.28. The van der Waals surface area contributed by atoms with Crippen LogP contribution >= 0.6 is 15.9 Å². The molecule has 1 aromatic rings. The van der Waals surface area contributed by atoms with Crippen LogP contribution in [-0.2, 0) is 10.0 Å². The lowest BCUT2D eigenvalue weighted by Gasteiger charge is -2.13. The lowest BCUT2D eigenvalue weighted by molar-refractivity contribution is 0.470. The Hall–Kier alpha value is -1.10. The number of nitriles is 1. The van der Waals surface area contributed by atoms with Crippen molar-refractivity contribution in [2.75, 3.05) is 13.1 Å². The quantitative estimate of drug-likeness (QED) is 0.848. The number of sulfonamides is 1. The molecule has 0 amide bonds. The van der Waals surface area contributed by atoms with Gasteiger partial charge in [-0.05, 0) is 34.5 Å². The standard InChI is InChI=1S/C11H12BrN3O2S/c12-10-3-1-2-4-11(10)18(16,17)14-9-5-6-15(7-9)8-13/h1-4,9,14H,5-7H2. The Morgan fingerprint density at radius 3 is 2.78 bits per heavy atom. The molecule has 0 aliphatic carbocycles. The largest absolute Gasteiger partial charge is 0.309 e. The van der Waals surface area contributed by atoms with Crippen LogP contribution in [0.5, 0.6) is 0 Å². The fourth-order valence-electron chi connectivity index (χ4n) is 1.89. The molecular formula is C11H12BrN3O2S. The van der Waals surface area contributed by atoms with Gasteiger partial charge in [0.1, 0.15) is 0 Å². The van der Waals surface area contributed by atoms with Crippen molar-refractivity contribution in [3.8, 4) is 6.19 Å². The molecule has 1 unspecified atom stereocenters. The van der Waals surface area contributed by atoms with Gasteiger partial charge < -0.3 is 4.90 Å². The monoisotopic (exact) mass is 329 g/mol. The molecule has 1 saturated heterocycles. The van der Waals surface area contributed by atoms with E-state index in [1.165, 1.54) is 0 Å². The summed E-state index contributed by atoms with van der Waals surface area (Å²) in [6.45, 7) is 1.03. The van der Waals surface area contributed by atoms with E-state index in [0.717, 1.165) is 0 Å². The van der Waals surface area contributed by atoms with Crippen LogP contribution in [0.2, 0.25) is 0 Å². The third kappa shape index (κ3) is 2.83. The minimum absolute atomic E-state index is 0.207. The van der Waals surface area contributed by atoms with Gasteiger partial charge in [0.05, 0.1) is 4.90 Å². The van der Waals surface area contributed by atoms with Crippen molar-refractivity contribution in [1.82, 2.24) is 9.62 Å². The van der Waals surface area contributed by atoms with Crippen molar-refractivity contribution in [2.24, 2.45) is 0 Å². The molecule has 1 atom stereocenters. The van der Waals surface area contributed by atoms with Crippen molar-refractivity contribution in [2.45, 2.75) is 17.4 Å². The zero-order valence-corrected chi connectivity index (χ0v) is 11.9. The molecule has 5 nitrogen and oxygen atoms in total. The molecule has 0 spiro atoms. The SMILES string of the molecule is N#CN1CCC(NS(=O)(=O)c2ccccc2Br)C1. The van der Waals surface area contributed by atoms with E-state index in [9.17, 15) is 8.42 Å². The predicted molar refractivity (Wildman–Crippen MR) is 70.1 cm³/mol. The van der Waals surface area contributed by atoms with Gasteiger partial charge in [0.15, 0.2) is 6.19 Å². The molecule has 1 fully saturated rings. The van der Waals surface area contributed by atoms with E-state index in [1.807, 2.05) is 6.19 Å². The van der Waals surface area contributed by atoms with E-state index < -0.39 is 10.0 Å². The van der Waals surface area contributed by atoms with Crippen LogP contribution in [0.25, 0.3) is 0 Å². The summed E-state index contributed by atoms with van der Waals surface area (Å²) in [4.78, 5) is 1.77. The third-order valence-electron chi connectivity index (χ3n) is 2.78. The van der Waals surface area contributed by atoms with Gasteiger partial charge in [-0.3, -0.25) is 0 Å². The third-order valence-corrected chi connectivity index (χ3v) is 5.31. The van der Waals surface area contributed by atoms with E-state index in [-0.39, 0.29) is 10.9 Å². The Balaban J connectivity index is 2.14. The zero-order chi connectivity index (χ0) is 13.2. The summed E-state index contributed by atoms with van der Waals surface area (Å²) in [5.74, 6) is 0. The van der Waals surface area contributed by atoms with Crippen molar-refractivity contribution in [3.63, 3.8) is 0 Å². The molecule has 2 rings (SSSR count). The first-order chi connectivity index (χ1) is 8.53. The smallest absolute Gasteiger partial charge is 0.242 e. The fourth-order valence-corrected chi connectivity index (χ4v) is 4.16. The minimum Gasteiger partial charge on any atom is -0.309 e. The second-order valence-corrected chi connectivity index (χ2v) is 6.62. The van der Waals surface area contributed by atoms with E-state index in [0.29, 0.717) is 24.0 Å². The lowest BCUT2D eigenvalue weighted by atomic mass is 10.3. The number of halogens is 1. The van der Waals surface area contributed by atoms with E-state index >= 15 is 0 Å². The van der Waals surface area contributed by atoms with Gasteiger partial charge in [-0.1, -0.05) is 12.1 Å². The molecule has 1 heterocycles. The van der Waals surface area contributed by atoms with Crippen LogP contribution < -0.4 is 4.72 Å². The number of hydrogen-bond acceptors (Lipinski definition) is 4. The minimum atomic E-state index is -3.54. The Bertz CT molecular complexity index is 582. The van der Waals surface area contributed by atoms with E-state index in [4.69, 9.17) is 5.26 Å². The first kappa shape index (κ1) is 13.3. The van der Waals surface area contributed by atoms with Crippen LogP contribution in [0.3, 0.4) is 0 Å². The molecule has 18 heavy (non-hydrogen) atoms. The van der Waals surface area contributed by atoms with Gasteiger partial charge in [0.25, 0.3) is 0 Å². The summed E-state index contributed by atoms with van der Waals surface area (Å²) in [5, 5.41) is 8.73. The molecule has 0 saturated carbocycles. The second-order valence-electron chi connectivity index (χ2n) is 4.08. The van der Waals surface area contributed by atoms with Crippen molar-refractivity contribution >= 4 is 26.0 Å². The number of benzene rings is 1. The Morgan fingerprint density at radius 2 is 2.17 bits per heavy atom. The Labute approximate surface area is 115 Å². The van der Waals surface area contributed by atoms with Gasteiger partial charge in [-0.15, -0.1) is 0 Å². The van der Waals surface area contributed by atoms with Gasteiger partial charge >= 0.3 is 0 Å². The molecular weight excluding hydrogens is 318 g/mol. The van der Waals surface area contributed by atoms with Crippen LogP contribution in [0, 0.1) is 11.5 Å². The average molecular weight is 330 g/mol. The number of nitrogens with one attached hydrogen (secondary N) is 1. The zero-order valence-electron chi connectivity index (χ0n) is 9.51. The maximum atomic E-state index is 12.2. The summed E-state index contributed by atoms with van der Waals surface area (Å²) in [7, 11) is -3.54. The highest BCUT2D eigenvalue weighted by atomic mass is 79.9. The van der Waals surface area contributed by atoms with Gasteiger partial charge in [-0.25, -0.2) is 13.1 Å². The molecule has 96 valence electrons. The molecule has 7 heteroatoms. The second kappa shape index (κ2) is 5.26. The summed E-state index contributed by atoms with van der Waals surface area (Å²) in [5.41, 5.74) is 0. The topological polar surface area (TPSA) is 73.2 Å². The van der Waals surface area contributed by atoms with Crippen LogP contribution in [0.1, 0.15) is 6.42 Å². The molecule has 1 aliphatic rings. The summed E-state index contributed by atoms with van der Waals surface area (Å²) < 4.78 is 27.5. The highest BCUT2D eigenvalue weighted by Gasteiger charge is 2.27. The van der Waals surface area contributed by atoms with Crippen LogP contribution in [-0.4, -0.2) is 32.4 Å². The molecule has 1 N–H and O–H groups in total. The highest BCUT2D eigenvalue weighted by molar-refractivity contribution is 9.10. The Morgan fingerprint density at radius 1 is 1.44 bits per heavy atom. The average Bonchev–Trinajstić information content (AvgIpc) is 2.76. The maximum Gasteiger partial charge on any atom is 0.242 e. The number of likely N-dealkylation sites (tertiary alicyclic amines) is 1. The number of rotatable bonds is 3. The highest BCUT2D eigenvalue weighted by Crippen LogP contribution is 2.22. The van der Waals surface area contributed by atoms with Crippen LogP contribution in [0.4, 0.5) is 0 Å². The molecule has 1 aliphatic heterocycles. The first-order valence-electron chi connectivity index (χ1n) is 5.44. The number of nitrogens with zero attached hydrogens (tertiary/aromatic N) is 2. The molecule has 0 bridgehead atoms. The van der Waals surface area contributed by atoms with Crippen LogP contribution in [0.15, 0.2) is 33.6 Å². The fraction of sp³-hybridized carbons (Fsp3) is 0.364. The van der Waals surface area contributed by atoms with Gasteiger partial charge in [0, 0.05) is 23.6 Å². The molecule has 0 radical (unpaired) electrons. The summed E-state index contributed by atoms with van der Waals surface area (Å²) in [6.07, 6.45) is 2.67. The van der Waals surface area contributed by atoms with Gasteiger partial charge in [-0.2, -0.15) is 5.26 Å². The van der Waals surface area contributed by atoms with Gasteiger partial charge in [0.2, 0.25) is 10.0 Å². The van der Waals surface area contributed by atoms with Crippen molar-refractivity contribution < 1.29 is 8.42 Å². The lowest BCUT2D eigenvalue weighted by Crippen LogP contribution is -2.36. The molecule has 1 aromatic carbocycles. The molecule has 0 aromatic heterocycles. The Kier molecular flexibility index (Phi) is 3.90. The number of hydrogen-bond donors (Lipinski definition) is 1. The summed E-state index contributed by atoms with van der Waals surface area (Å²) >= 11 is 3.23. The summed E-state index contributed by atoms with van der Waals surface area (Å²) in [6, 6.07) is 6.46. The van der Waals surface area contributed by atoms with Crippen molar-refractivity contribution in [1.29, 1.82) is 5.26 Å². The van der Waals surface area contributed by atoms with E-state index in [1.54, 1.807) is 29.2 Å².